The molecule has 126 valence electrons. The van der Waals surface area contributed by atoms with Crippen LogP contribution in [0.2, 0.25) is 0 Å². The first kappa shape index (κ1) is 17.8. The van der Waals surface area contributed by atoms with Crippen LogP contribution in [-0.2, 0) is 10.2 Å². The molecule has 1 N–H and O–H groups in total. The maximum atomic E-state index is 12.0. The third kappa shape index (κ3) is 5.27. The highest BCUT2D eigenvalue weighted by molar-refractivity contribution is 6.01. The molecule has 0 aliphatic carbocycles. The minimum atomic E-state index is -0.146. The summed E-state index contributed by atoms with van der Waals surface area (Å²) in [6.07, 6.45) is 3.32. The van der Waals surface area contributed by atoms with Gasteiger partial charge in [-0.1, -0.05) is 45.0 Å². The van der Waals surface area contributed by atoms with Gasteiger partial charge >= 0.3 is 0 Å². The Labute approximate surface area is 144 Å². The lowest BCUT2D eigenvalue weighted by atomic mass is 9.87. The van der Waals surface area contributed by atoms with Gasteiger partial charge in [-0.25, -0.2) is 0 Å². The van der Waals surface area contributed by atoms with Crippen molar-refractivity contribution in [2.75, 3.05) is 11.9 Å². The highest BCUT2D eigenvalue weighted by atomic mass is 16.5. The van der Waals surface area contributed by atoms with Crippen LogP contribution >= 0.6 is 0 Å². The van der Waals surface area contributed by atoms with E-state index in [0.29, 0.717) is 6.61 Å². The van der Waals surface area contributed by atoms with Crippen molar-refractivity contribution in [1.29, 1.82) is 0 Å². The van der Waals surface area contributed by atoms with Crippen LogP contribution < -0.4 is 10.1 Å². The van der Waals surface area contributed by atoms with Gasteiger partial charge in [0.05, 0.1) is 6.61 Å². The van der Waals surface area contributed by atoms with Gasteiger partial charge in [0.1, 0.15) is 5.75 Å². The van der Waals surface area contributed by atoms with Crippen LogP contribution in [0.5, 0.6) is 5.75 Å². The number of anilines is 1. The molecule has 0 bridgehead atoms. The third-order valence-electron chi connectivity index (χ3n) is 3.64. The average Bonchev–Trinajstić information content (AvgIpc) is 2.54. The molecule has 0 radical (unpaired) electrons. The number of amides is 1. The minimum Gasteiger partial charge on any atom is -0.494 e. The lowest BCUT2D eigenvalue weighted by molar-refractivity contribution is -0.111. The molecule has 2 rings (SSSR count). The summed E-state index contributed by atoms with van der Waals surface area (Å²) in [5.74, 6) is 0.686. The third-order valence-corrected chi connectivity index (χ3v) is 3.64. The van der Waals surface area contributed by atoms with Gasteiger partial charge in [-0.2, -0.15) is 0 Å². The molecule has 0 aromatic heterocycles. The highest BCUT2D eigenvalue weighted by Gasteiger charge is 2.12. The summed E-state index contributed by atoms with van der Waals surface area (Å²) in [4.78, 5) is 12.0. The molecule has 1 amide bonds. The molecule has 0 unspecified atom stereocenters. The Morgan fingerprint density at radius 2 is 1.67 bits per heavy atom. The van der Waals surface area contributed by atoms with Crippen molar-refractivity contribution < 1.29 is 9.53 Å². The van der Waals surface area contributed by atoms with E-state index in [-0.39, 0.29) is 11.3 Å². The van der Waals surface area contributed by atoms with E-state index in [1.165, 1.54) is 11.6 Å². The van der Waals surface area contributed by atoms with Crippen LogP contribution in [0.15, 0.2) is 54.6 Å². The molecular formula is C21H25NO2. The molecule has 3 nitrogen and oxygen atoms in total. The van der Waals surface area contributed by atoms with Crippen LogP contribution in [0.1, 0.15) is 38.8 Å². The van der Waals surface area contributed by atoms with E-state index in [9.17, 15) is 4.79 Å². The summed E-state index contributed by atoms with van der Waals surface area (Å²) in [6.45, 7) is 9.10. The van der Waals surface area contributed by atoms with Crippen LogP contribution in [0.4, 0.5) is 5.69 Å². The maximum Gasteiger partial charge on any atom is 0.248 e. The van der Waals surface area contributed by atoms with Crippen LogP contribution in [-0.4, -0.2) is 12.5 Å². The first-order valence-corrected chi connectivity index (χ1v) is 8.21. The van der Waals surface area contributed by atoms with Crippen molar-refractivity contribution >= 4 is 17.7 Å². The monoisotopic (exact) mass is 323 g/mol. The zero-order valence-electron chi connectivity index (χ0n) is 14.8. The van der Waals surface area contributed by atoms with E-state index in [0.717, 1.165) is 17.0 Å². The fourth-order valence-electron chi connectivity index (χ4n) is 2.25. The van der Waals surface area contributed by atoms with Crippen molar-refractivity contribution in [3.05, 3.63) is 65.7 Å². The van der Waals surface area contributed by atoms with Crippen molar-refractivity contribution in [1.82, 2.24) is 0 Å². The predicted octanol–water partition coefficient (Wildman–Crippen LogP) is 5.03. The van der Waals surface area contributed by atoms with E-state index in [1.54, 1.807) is 6.08 Å². The van der Waals surface area contributed by atoms with Crippen molar-refractivity contribution in [3.63, 3.8) is 0 Å². The SMILES string of the molecule is CCOc1ccc(/C=C\C(=O)Nc2ccc(C(C)(C)C)cc2)cc1. The zero-order chi connectivity index (χ0) is 17.6. The molecule has 0 heterocycles. The van der Waals surface area contributed by atoms with Gasteiger partial charge in [0.15, 0.2) is 0 Å². The van der Waals surface area contributed by atoms with Crippen LogP contribution in [0, 0.1) is 0 Å². The number of hydrogen-bond acceptors (Lipinski definition) is 2. The molecule has 0 saturated carbocycles. The second-order valence-corrected chi connectivity index (χ2v) is 6.65. The molecule has 2 aromatic rings. The second-order valence-electron chi connectivity index (χ2n) is 6.65. The summed E-state index contributed by atoms with van der Waals surface area (Å²) in [7, 11) is 0. The number of hydrogen-bond donors (Lipinski definition) is 1. The first-order chi connectivity index (χ1) is 11.4. The minimum absolute atomic E-state index is 0.107. The molecule has 24 heavy (non-hydrogen) atoms. The number of carbonyl (C=O) groups excluding carboxylic acids is 1. The summed E-state index contributed by atoms with van der Waals surface area (Å²) < 4.78 is 5.40. The maximum absolute atomic E-state index is 12.0. The lowest BCUT2D eigenvalue weighted by Gasteiger charge is -2.19. The molecule has 0 aliphatic rings. The van der Waals surface area contributed by atoms with Gasteiger partial charge in [0, 0.05) is 11.8 Å². The predicted molar refractivity (Wildman–Crippen MR) is 100 cm³/mol. The molecule has 0 saturated heterocycles. The van der Waals surface area contributed by atoms with Crippen molar-refractivity contribution in [2.24, 2.45) is 0 Å². The highest BCUT2D eigenvalue weighted by Crippen LogP contribution is 2.23. The van der Waals surface area contributed by atoms with E-state index in [1.807, 2.05) is 55.5 Å². The van der Waals surface area contributed by atoms with E-state index in [4.69, 9.17) is 4.74 Å². The zero-order valence-corrected chi connectivity index (χ0v) is 14.8. The van der Waals surface area contributed by atoms with Crippen LogP contribution in [0.25, 0.3) is 6.08 Å². The van der Waals surface area contributed by atoms with E-state index < -0.39 is 0 Å². The number of benzene rings is 2. The van der Waals surface area contributed by atoms with E-state index >= 15 is 0 Å². The Bertz CT molecular complexity index is 692. The fourth-order valence-corrected chi connectivity index (χ4v) is 2.25. The smallest absolute Gasteiger partial charge is 0.248 e. The Balaban J connectivity index is 1.95. The fraction of sp³-hybridized carbons (Fsp3) is 0.286. The number of ether oxygens (including phenoxy) is 1. The van der Waals surface area contributed by atoms with Gasteiger partial charge in [-0.3, -0.25) is 4.79 Å². The van der Waals surface area contributed by atoms with Gasteiger partial charge in [0.25, 0.3) is 0 Å². The molecule has 0 atom stereocenters. The summed E-state index contributed by atoms with van der Waals surface area (Å²) in [6, 6.07) is 15.6. The van der Waals surface area contributed by atoms with Gasteiger partial charge in [-0.05, 0) is 53.8 Å². The summed E-state index contributed by atoms with van der Waals surface area (Å²) >= 11 is 0. The Kier molecular flexibility index (Phi) is 5.80. The van der Waals surface area contributed by atoms with Crippen molar-refractivity contribution in [2.45, 2.75) is 33.1 Å². The second kappa shape index (κ2) is 7.82. The molecule has 2 aromatic carbocycles. The number of nitrogens with one attached hydrogen (secondary N) is 1. The first-order valence-electron chi connectivity index (χ1n) is 8.21. The Morgan fingerprint density at radius 3 is 2.21 bits per heavy atom. The molecule has 3 heteroatoms. The quantitative estimate of drug-likeness (QED) is 0.783. The molecule has 0 fully saturated rings. The van der Waals surface area contributed by atoms with Crippen molar-refractivity contribution in [3.8, 4) is 5.75 Å². The lowest BCUT2D eigenvalue weighted by Crippen LogP contribution is -2.12. The van der Waals surface area contributed by atoms with Gasteiger partial charge < -0.3 is 10.1 Å². The standard InChI is InChI=1S/C21H25NO2/c1-5-24-19-13-6-16(7-14-19)8-15-20(23)22-18-11-9-17(10-12-18)21(2,3)4/h6-15H,5H2,1-4H3,(H,22,23)/b15-8-. The van der Waals surface area contributed by atoms with E-state index in [2.05, 4.69) is 26.1 Å². The number of rotatable bonds is 5. The molecule has 0 aliphatic heterocycles. The number of carbonyl (C=O) groups is 1. The Morgan fingerprint density at radius 1 is 1.04 bits per heavy atom. The van der Waals surface area contributed by atoms with Crippen LogP contribution in [0.3, 0.4) is 0 Å². The average molecular weight is 323 g/mol. The van der Waals surface area contributed by atoms with Gasteiger partial charge in [0.2, 0.25) is 5.91 Å². The largest absolute Gasteiger partial charge is 0.494 e. The summed E-state index contributed by atoms with van der Waals surface area (Å²) in [5, 5.41) is 2.87. The normalized spacial score (nSPS) is 11.5. The molecule has 0 spiro atoms. The molecular weight excluding hydrogens is 298 g/mol. The Hall–Kier alpha value is -2.55. The summed E-state index contributed by atoms with van der Waals surface area (Å²) in [5.41, 5.74) is 3.10. The van der Waals surface area contributed by atoms with Gasteiger partial charge in [-0.15, -0.1) is 0 Å². The topological polar surface area (TPSA) is 38.3 Å².